The van der Waals surface area contributed by atoms with Gasteiger partial charge >= 0.3 is 0 Å². The topological polar surface area (TPSA) is 106 Å². The lowest BCUT2D eigenvalue weighted by Gasteiger charge is -2.18. The van der Waals surface area contributed by atoms with Crippen molar-refractivity contribution in [2.24, 2.45) is 5.10 Å². The van der Waals surface area contributed by atoms with E-state index in [2.05, 4.69) is 5.10 Å². The van der Waals surface area contributed by atoms with E-state index >= 15 is 0 Å². The Labute approximate surface area is 86.3 Å². The number of nitrogens with one attached hydrogen (secondary N) is 2. The van der Waals surface area contributed by atoms with Gasteiger partial charge in [0.1, 0.15) is 0 Å². The third-order valence-electron chi connectivity index (χ3n) is 1.97. The minimum atomic E-state index is -0.682. The quantitative estimate of drug-likeness (QED) is 0.519. The van der Waals surface area contributed by atoms with Gasteiger partial charge in [-0.1, -0.05) is 0 Å². The summed E-state index contributed by atoms with van der Waals surface area (Å²) in [6.45, 7) is 2.12. The molecule has 7 nitrogen and oxygen atoms in total. The van der Waals surface area contributed by atoms with Gasteiger partial charge in [0.2, 0.25) is 0 Å². The lowest BCUT2D eigenvalue weighted by atomic mass is 10.2. The average Bonchev–Trinajstić information content (AvgIpc) is 2.55. The van der Waals surface area contributed by atoms with Crippen molar-refractivity contribution in [3.05, 3.63) is 0 Å². The molecule has 0 aromatic carbocycles. The van der Waals surface area contributed by atoms with E-state index in [9.17, 15) is 9.59 Å². The Balaban J connectivity index is 2.76. The van der Waals surface area contributed by atoms with Gasteiger partial charge in [-0.2, -0.15) is 5.10 Å². The summed E-state index contributed by atoms with van der Waals surface area (Å²) in [6.07, 6.45) is 0. The van der Waals surface area contributed by atoms with E-state index in [0.29, 0.717) is 6.54 Å². The van der Waals surface area contributed by atoms with Crippen LogP contribution in [0.2, 0.25) is 0 Å². The molecule has 7 heteroatoms. The molecule has 0 aromatic heterocycles. The zero-order chi connectivity index (χ0) is 11.4. The summed E-state index contributed by atoms with van der Waals surface area (Å²) in [6, 6.07) is 0. The number of aliphatic hydroxyl groups excluding tert-OH is 1. The highest BCUT2D eigenvalue weighted by Gasteiger charge is 2.30. The maximum absolute atomic E-state index is 11.7. The van der Waals surface area contributed by atoms with Gasteiger partial charge in [-0.15, -0.1) is 0 Å². The largest absolute Gasteiger partial charge is 0.395 e. The standard InChI is InChI=1S/C8H12N4O3/c1-2-12(3-4-13)8(15)6-5(9)7(14)11-10-6/h13H,2-4H2,1H3,(H2,9,11,14). The molecular weight excluding hydrogens is 200 g/mol. The molecule has 0 spiro atoms. The Morgan fingerprint density at radius 3 is 2.73 bits per heavy atom. The second-order valence-electron chi connectivity index (χ2n) is 2.88. The Morgan fingerprint density at radius 2 is 2.33 bits per heavy atom. The minimum absolute atomic E-state index is 0.163. The first-order chi connectivity index (χ1) is 7.11. The summed E-state index contributed by atoms with van der Waals surface area (Å²) in [5, 5.41) is 19.5. The van der Waals surface area contributed by atoms with Gasteiger partial charge in [0.15, 0.2) is 11.4 Å². The Hall–Kier alpha value is -1.76. The van der Waals surface area contributed by atoms with Crippen LogP contribution in [0.15, 0.2) is 5.10 Å². The van der Waals surface area contributed by atoms with Gasteiger partial charge in [-0.25, -0.2) is 5.43 Å². The zero-order valence-electron chi connectivity index (χ0n) is 8.28. The average molecular weight is 212 g/mol. The number of hydrogen-bond acceptors (Lipinski definition) is 5. The van der Waals surface area contributed by atoms with E-state index in [1.807, 2.05) is 5.43 Å². The van der Waals surface area contributed by atoms with Crippen molar-refractivity contribution in [1.82, 2.24) is 10.3 Å². The number of likely N-dealkylation sites (N-methyl/N-ethyl adjacent to an activating group) is 1. The molecule has 2 amide bonds. The van der Waals surface area contributed by atoms with Crippen molar-refractivity contribution < 1.29 is 14.7 Å². The van der Waals surface area contributed by atoms with Crippen molar-refractivity contribution in [2.45, 2.75) is 6.92 Å². The van der Waals surface area contributed by atoms with Crippen LogP contribution in [0.4, 0.5) is 0 Å². The predicted octanol–water partition coefficient (Wildman–Crippen LogP) is -1.67. The van der Waals surface area contributed by atoms with Gasteiger partial charge < -0.3 is 10.0 Å². The van der Waals surface area contributed by atoms with E-state index < -0.39 is 17.5 Å². The van der Waals surface area contributed by atoms with E-state index in [1.165, 1.54) is 4.90 Å². The first-order valence-corrected chi connectivity index (χ1v) is 4.48. The minimum Gasteiger partial charge on any atom is -0.395 e. The first kappa shape index (κ1) is 11.3. The number of hydrazone groups is 1. The number of aliphatic hydroxyl groups is 1. The molecule has 1 rings (SSSR count). The van der Waals surface area contributed by atoms with Crippen LogP contribution in [-0.2, 0) is 9.59 Å². The predicted molar refractivity (Wildman–Crippen MR) is 52.6 cm³/mol. The van der Waals surface area contributed by atoms with Crippen molar-refractivity contribution in [2.75, 3.05) is 19.7 Å². The molecule has 1 heterocycles. The fourth-order valence-corrected chi connectivity index (χ4v) is 1.15. The zero-order valence-corrected chi connectivity index (χ0v) is 8.28. The van der Waals surface area contributed by atoms with Gasteiger partial charge in [-0.05, 0) is 6.92 Å². The molecule has 82 valence electrons. The normalized spacial score (nSPS) is 14.9. The van der Waals surface area contributed by atoms with Crippen molar-refractivity contribution in [3.63, 3.8) is 0 Å². The number of carbonyl (C=O) groups excluding carboxylic acids is 2. The van der Waals surface area contributed by atoms with Gasteiger partial charge in [0, 0.05) is 13.1 Å². The van der Waals surface area contributed by atoms with Crippen LogP contribution in [-0.4, -0.2) is 52.9 Å². The summed E-state index contributed by atoms with van der Waals surface area (Å²) in [5.41, 5.74) is 1.40. The summed E-state index contributed by atoms with van der Waals surface area (Å²) >= 11 is 0. The fourth-order valence-electron chi connectivity index (χ4n) is 1.15. The molecule has 0 aromatic rings. The highest BCUT2D eigenvalue weighted by molar-refractivity contribution is 6.81. The third-order valence-corrected chi connectivity index (χ3v) is 1.97. The molecule has 0 bridgehead atoms. The molecule has 0 aliphatic carbocycles. The molecule has 0 atom stereocenters. The second kappa shape index (κ2) is 4.65. The van der Waals surface area contributed by atoms with E-state index in [-0.39, 0.29) is 18.9 Å². The van der Waals surface area contributed by atoms with Crippen LogP contribution in [0.25, 0.3) is 0 Å². The molecule has 0 fully saturated rings. The van der Waals surface area contributed by atoms with Crippen LogP contribution >= 0.6 is 0 Å². The summed E-state index contributed by atoms with van der Waals surface area (Å²) in [4.78, 5) is 23.9. The Bertz CT molecular complexity index is 337. The summed E-state index contributed by atoms with van der Waals surface area (Å²) in [7, 11) is 0. The maximum Gasteiger partial charge on any atom is 0.291 e. The molecule has 3 N–H and O–H groups in total. The third kappa shape index (κ3) is 2.18. The van der Waals surface area contributed by atoms with E-state index in [0.717, 1.165) is 0 Å². The highest BCUT2D eigenvalue weighted by Crippen LogP contribution is 1.98. The van der Waals surface area contributed by atoms with Crippen molar-refractivity contribution in [3.8, 4) is 0 Å². The summed E-state index contributed by atoms with van der Waals surface area (Å²) < 4.78 is 0. The lowest BCUT2D eigenvalue weighted by Crippen LogP contribution is -2.41. The highest BCUT2D eigenvalue weighted by atomic mass is 16.3. The Morgan fingerprint density at radius 1 is 1.67 bits per heavy atom. The number of nitrogens with zero attached hydrogens (tertiary/aromatic N) is 2. The van der Waals surface area contributed by atoms with Crippen molar-refractivity contribution >= 4 is 23.2 Å². The van der Waals surface area contributed by atoms with Crippen LogP contribution < -0.4 is 5.43 Å². The van der Waals surface area contributed by atoms with Crippen LogP contribution in [0.1, 0.15) is 6.92 Å². The molecule has 0 saturated carbocycles. The number of amides is 2. The molecule has 0 saturated heterocycles. The van der Waals surface area contributed by atoms with Gasteiger partial charge in [0.05, 0.1) is 6.61 Å². The monoisotopic (exact) mass is 212 g/mol. The lowest BCUT2D eigenvalue weighted by molar-refractivity contribution is -0.124. The van der Waals surface area contributed by atoms with Gasteiger partial charge in [-0.3, -0.25) is 15.0 Å². The van der Waals surface area contributed by atoms with Crippen LogP contribution in [0.5, 0.6) is 0 Å². The fraction of sp³-hybridized carbons (Fsp3) is 0.500. The van der Waals surface area contributed by atoms with Gasteiger partial charge in [0.25, 0.3) is 11.8 Å². The number of rotatable bonds is 4. The number of hydrogen-bond donors (Lipinski definition) is 3. The summed E-state index contributed by atoms with van der Waals surface area (Å²) in [5.74, 6) is -1.20. The SMILES string of the molecule is CCN(CCO)C(=O)C1=NNC(=O)C1=N. The molecule has 0 radical (unpaired) electrons. The van der Waals surface area contributed by atoms with Crippen molar-refractivity contribution in [1.29, 1.82) is 5.41 Å². The first-order valence-electron chi connectivity index (χ1n) is 4.48. The molecule has 1 aliphatic rings. The smallest absolute Gasteiger partial charge is 0.291 e. The molecule has 1 aliphatic heterocycles. The molecule has 15 heavy (non-hydrogen) atoms. The maximum atomic E-state index is 11.7. The van der Waals surface area contributed by atoms with E-state index in [1.54, 1.807) is 6.92 Å². The molecule has 0 unspecified atom stereocenters. The van der Waals surface area contributed by atoms with Crippen LogP contribution in [0, 0.1) is 5.41 Å². The molecular formula is C8H12N4O3. The second-order valence-corrected chi connectivity index (χ2v) is 2.88. The van der Waals surface area contributed by atoms with Crippen LogP contribution in [0.3, 0.4) is 0 Å². The number of carbonyl (C=O) groups is 2. The Kier molecular flexibility index (Phi) is 3.51. The van der Waals surface area contributed by atoms with E-state index in [4.69, 9.17) is 10.5 Å².